The fourth-order valence-corrected chi connectivity index (χ4v) is 2.55. The highest BCUT2D eigenvalue weighted by Crippen LogP contribution is 2.34. The van der Waals surface area contributed by atoms with Crippen molar-refractivity contribution in [3.63, 3.8) is 0 Å². The topological polar surface area (TPSA) is 61.7 Å². The van der Waals surface area contributed by atoms with Gasteiger partial charge in [0, 0.05) is 5.56 Å². The van der Waals surface area contributed by atoms with Crippen LogP contribution in [0.25, 0.3) is 0 Å². The van der Waals surface area contributed by atoms with Gasteiger partial charge >= 0.3 is 6.09 Å². The Balaban J connectivity index is 2.44. The largest absolute Gasteiger partial charge is 0.465 e. The van der Waals surface area contributed by atoms with Crippen LogP contribution < -0.4 is 5.32 Å². The minimum atomic E-state index is -1.26. The fraction of sp³-hybridized carbons (Fsp3) is 0.167. The number of rotatable bonds is 1. The number of carboxylic acid groups (broad SMARTS) is 1. The zero-order valence-corrected chi connectivity index (χ0v) is 10.7. The molecule has 1 aliphatic heterocycles. The van der Waals surface area contributed by atoms with Crippen LogP contribution in [0.1, 0.15) is 12.5 Å². The molecule has 1 aromatic carbocycles. The maximum atomic E-state index is 13.8. The van der Waals surface area contributed by atoms with E-state index in [4.69, 9.17) is 5.11 Å². The zero-order valence-electron chi connectivity index (χ0n) is 9.85. The number of amides is 1. The van der Waals surface area contributed by atoms with E-state index < -0.39 is 23.3 Å². The van der Waals surface area contributed by atoms with E-state index >= 15 is 0 Å². The van der Waals surface area contributed by atoms with Crippen LogP contribution in [0.4, 0.5) is 13.6 Å². The lowest BCUT2D eigenvalue weighted by Gasteiger charge is -2.26. The molecule has 19 heavy (non-hydrogen) atoms. The van der Waals surface area contributed by atoms with Gasteiger partial charge in [-0.25, -0.2) is 18.6 Å². The Morgan fingerprint density at radius 1 is 1.47 bits per heavy atom. The van der Waals surface area contributed by atoms with Crippen LogP contribution in [-0.4, -0.2) is 16.4 Å². The number of thioether (sulfide) groups is 1. The molecule has 4 nitrogen and oxygen atoms in total. The van der Waals surface area contributed by atoms with Crippen LogP contribution in [0, 0.1) is 11.6 Å². The average molecular weight is 284 g/mol. The van der Waals surface area contributed by atoms with Gasteiger partial charge in [0.1, 0.15) is 5.54 Å². The molecule has 1 unspecified atom stereocenters. The maximum absolute atomic E-state index is 13.8. The van der Waals surface area contributed by atoms with Crippen molar-refractivity contribution in [1.82, 2.24) is 5.32 Å². The lowest BCUT2D eigenvalue weighted by Crippen LogP contribution is -2.31. The molecule has 7 heteroatoms. The summed E-state index contributed by atoms with van der Waals surface area (Å²) >= 11 is 1.06. The summed E-state index contributed by atoms with van der Waals surface area (Å²) in [7, 11) is 0. The van der Waals surface area contributed by atoms with Crippen molar-refractivity contribution >= 4 is 23.0 Å². The molecule has 0 fully saturated rings. The van der Waals surface area contributed by atoms with Crippen molar-refractivity contribution in [1.29, 1.82) is 0 Å². The Bertz CT molecular complexity index is 589. The average Bonchev–Trinajstić information content (AvgIpc) is 2.31. The number of amidine groups is 1. The predicted octanol–water partition coefficient (Wildman–Crippen LogP) is 3.06. The zero-order chi connectivity index (χ0) is 14.0. The Labute approximate surface area is 112 Å². The number of hydrogen-bond acceptors (Lipinski definition) is 3. The van der Waals surface area contributed by atoms with E-state index in [2.05, 4.69) is 10.3 Å². The molecule has 0 bridgehead atoms. The number of benzene rings is 1. The van der Waals surface area contributed by atoms with Crippen molar-refractivity contribution in [3.8, 4) is 0 Å². The van der Waals surface area contributed by atoms with E-state index in [1.54, 1.807) is 18.4 Å². The van der Waals surface area contributed by atoms with Crippen molar-refractivity contribution in [2.75, 3.05) is 0 Å². The van der Waals surface area contributed by atoms with E-state index in [-0.39, 0.29) is 10.7 Å². The molecule has 1 heterocycles. The fourth-order valence-electron chi connectivity index (χ4n) is 1.70. The highest BCUT2D eigenvalue weighted by atomic mass is 32.2. The quantitative estimate of drug-likeness (QED) is 0.833. The lowest BCUT2D eigenvalue weighted by molar-refractivity contribution is 0.200. The standard InChI is InChI=1S/C12H10F2N2O2S/c1-12(7-3-2-4-8(13)9(7)14)5-6-19-10(16-12)15-11(17)18/h2-6H,1H3,(H,15,16)(H,17,18). The summed E-state index contributed by atoms with van der Waals surface area (Å²) in [6.45, 7) is 1.57. The maximum Gasteiger partial charge on any atom is 0.410 e. The van der Waals surface area contributed by atoms with Crippen LogP contribution in [0.5, 0.6) is 0 Å². The third kappa shape index (κ3) is 2.76. The van der Waals surface area contributed by atoms with E-state index in [0.717, 1.165) is 17.8 Å². The van der Waals surface area contributed by atoms with Crippen molar-refractivity contribution < 1.29 is 18.7 Å². The minimum Gasteiger partial charge on any atom is -0.465 e. The second-order valence-corrected chi connectivity index (χ2v) is 4.91. The molecule has 1 aliphatic rings. The van der Waals surface area contributed by atoms with Crippen molar-refractivity contribution in [2.45, 2.75) is 12.5 Å². The molecule has 1 amide bonds. The first kappa shape index (κ1) is 13.5. The summed E-state index contributed by atoms with van der Waals surface area (Å²) in [5, 5.41) is 12.4. The SMILES string of the molecule is CC1(c2cccc(F)c2F)C=CSC(NC(=O)O)=N1. The molecular formula is C12H10F2N2O2S. The molecule has 1 atom stereocenters. The first-order chi connectivity index (χ1) is 8.92. The van der Waals surface area contributed by atoms with E-state index in [9.17, 15) is 13.6 Å². The molecule has 0 aliphatic carbocycles. The Morgan fingerprint density at radius 3 is 2.89 bits per heavy atom. The summed E-state index contributed by atoms with van der Waals surface area (Å²) in [6.07, 6.45) is 0.325. The second kappa shape index (κ2) is 5.00. The number of nitrogens with zero attached hydrogens (tertiary/aromatic N) is 1. The van der Waals surface area contributed by atoms with E-state index in [0.29, 0.717) is 0 Å². The molecule has 0 radical (unpaired) electrons. The molecule has 2 N–H and O–H groups in total. The van der Waals surface area contributed by atoms with Gasteiger partial charge in [0.2, 0.25) is 0 Å². The van der Waals surface area contributed by atoms with Crippen LogP contribution in [0.2, 0.25) is 0 Å². The first-order valence-electron chi connectivity index (χ1n) is 5.31. The summed E-state index contributed by atoms with van der Waals surface area (Å²) < 4.78 is 27.0. The molecule has 100 valence electrons. The highest BCUT2D eigenvalue weighted by Gasteiger charge is 2.30. The molecule has 0 saturated carbocycles. The number of hydrogen-bond donors (Lipinski definition) is 2. The van der Waals surface area contributed by atoms with Gasteiger partial charge in [-0.2, -0.15) is 0 Å². The molecule has 0 spiro atoms. The molecule has 0 saturated heterocycles. The minimum absolute atomic E-state index is 0.0498. The number of halogens is 2. The molecule has 0 aromatic heterocycles. The summed E-state index contributed by atoms with van der Waals surface area (Å²) in [5.74, 6) is -1.95. The number of aliphatic imine (C=N–C) groups is 1. The normalized spacial score (nSPS) is 21.9. The number of carbonyl (C=O) groups is 1. The van der Waals surface area contributed by atoms with Crippen LogP contribution in [-0.2, 0) is 5.54 Å². The summed E-state index contributed by atoms with van der Waals surface area (Å²) in [6, 6.07) is 3.82. The van der Waals surface area contributed by atoms with Gasteiger partial charge in [0.25, 0.3) is 0 Å². The second-order valence-electron chi connectivity index (χ2n) is 4.02. The van der Waals surface area contributed by atoms with E-state index in [1.807, 2.05) is 0 Å². The van der Waals surface area contributed by atoms with Gasteiger partial charge in [-0.15, -0.1) is 0 Å². The van der Waals surface area contributed by atoms with Gasteiger partial charge in [-0.1, -0.05) is 23.9 Å². The third-order valence-corrected chi connectivity index (χ3v) is 3.31. The van der Waals surface area contributed by atoms with Crippen LogP contribution >= 0.6 is 11.8 Å². The molecule has 2 rings (SSSR count). The summed E-state index contributed by atoms with van der Waals surface area (Å²) in [4.78, 5) is 14.7. The molecule has 1 aromatic rings. The smallest absolute Gasteiger partial charge is 0.410 e. The Morgan fingerprint density at radius 2 is 2.21 bits per heavy atom. The van der Waals surface area contributed by atoms with Crippen LogP contribution in [0.15, 0.2) is 34.7 Å². The summed E-state index contributed by atoms with van der Waals surface area (Å²) in [5.41, 5.74) is -1.09. The Kier molecular flexibility index (Phi) is 3.57. The van der Waals surface area contributed by atoms with Crippen LogP contribution in [0.3, 0.4) is 0 Å². The molecular weight excluding hydrogens is 274 g/mol. The Hall–Kier alpha value is -1.89. The number of nitrogens with one attached hydrogen (secondary N) is 1. The van der Waals surface area contributed by atoms with Gasteiger partial charge in [-0.05, 0) is 24.5 Å². The van der Waals surface area contributed by atoms with Gasteiger partial charge in [-0.3, -0.25) is 5.32 Å². The van der Waals surface area contributed by atoms with Crippen molar-refractivity contribution in [3.05, 3.63) is 46.9 Å². The predicted molar refractivity (Wildman–Crippen MR) is 69.0 cm³/mol. The van der Waals surface area contributed by atoms with Gasteiger partial charge in [0.15, 0.2) is 16.8 Å². The van der Waals surface area contributed by atoms with Gasteiger partial charge in [0.05, 0.1) is 0 Å². The van der Waals surface area contributed by atoms with Gasteiger partial charge < -0.3 is 5.11 Å². The monoisotopic (exact) mass is 284 g/mol. The third-order valence-electron chi connectivity index (χ3n) is 2.62. The lowest BCUT2D eigenvalue weighted by atomic mass is 9.92. The van der Waals surface area contributed by atoms with Crippen molar-refractivity contribution in [2.24, 2.45) is 4.99 Å². The first-order valence-corrected chi connectivity index (χ1v) is 6.19. The van der Waals surface area contributed by atoms with E-state index in [1.165, 1.54) is 12.1 Å². The highest BCUT2D eigenvalue weighted by molar-refractivity contribution is 8.16.